The molecule has 2 aromatic carbocycles. The molecule has 180 valence electrons. The van der Waals surface area contributed by atoms with E-state index in [-0.39, 0.29) is 5.91 Å². The topological polar surface area (TPSA) is 68.5 Å². The van der Waals surface area contributed by atoms with Crippen molar-refractivity contribution in [3.63, 3.8) is 0 Å². The largest absolute Gasteiger partial charge is 0.493 e. The van der Waals surface area contributed by atoms with Crippen LogP contribution in [0, 0.1) is 0 Å². The van der Waals surface area contributed by atoms with Crippen molar-refractivity contribution in [2.24, 2.45) is 0 Å². The van der Waals surface area contributed by atoms with Gasteiger partial charge in [0, 0.05) is 37.5 Å². The van der Waals surface area contributed by atoms with Gasteiger partial charge in [0.05, 0.1) is 33.1 Å². The number of hydrogen-bond donors (Lipinski definition) is 0. The summed E-state index contributed by atoms with van der Waals surface area (Å²) in [5, 5.41) is 0. The number of methoxy groups -OCH3 is 2. The van der Waals surface area contributed by atoms with Gasteiger partial charge in [-0.25, -0.2) is 4.98 Å². The fourth-order valence-electron chi connectivity index (χ4n) is 4.46. The molecule has 0 aliphatic carbocycles. The molecule has 0 radical (unpaired) electrons. The number of ether oxygens (including phenoxy) is 3. The van der Waals surface area contributed by atoms with Crippen LogP contribution in [0.25, 0.3) is 16.9 Å². The normalized spacial score (nSPS) is 13.6. The van der Waals surface area contributed by atoms with Crippen molar-refractivity contribution >= 4 is 28.7 Å². The average Bonchev–Trinajstić information content (AvgIpc) is 3.28. The van der Waals surface area contributed by atoms with Crippen LogP contribution >= 0.6 is 0 Å². The van der Waals surface area contributed by atoms with Crippen molar-refractivity contribution in [2.75, 3.05) is 50.3 Å². The van der Waals surface area contributed by atoms with E-state index >= 15 is 0 Å². The lowest BCUT2D eigenvalue weighted by molar-refractivity contribution is -0.115. The Morgan fingerprint density at radius 2 is 1.71 bits per heavy atom. The number of carbonyl (C=O) groups is 1. The van der Waals surface area contributed by atoms with E-state index in [1.807, 2.05) is 59.1 Å². The van der Waals surface area contributed by atoms with Gasteiger partial charge in [-0.05, 0) is 54.6 Å². The summed E-state index contributed by atoms with van der Waals surface area (Å²) in [5.74, 6) is 1.77. The minimum absolute atomic E-state index is 0.114. The standard InChI is InChI=1S/C27H28N4O4/c1-19(32)31(22-10-8-21(9-11-22)29-14-16-35-17-15-29)27-26(28-25-6-4-5-13-30(25)27)20-7-12-23(33-2)24(18-20)34-3/h4-13,18H,14-17H2,1-3H3. The predicted octanol–water partition coefficient (Wildman–Crippen LogP) is 4.54. The van der Waals surface area contributed by atoms with Gasteiger partial charge in [-0.2, -0.15) is 0 Å². The molecular formula is C27H28N4O4. The van der Waals surface area contributed by atoms with Gasteiger partial charge in [0.15, 0.2) is 17.3 Å². The number of aromatic nitrogens is 2. The first-order valence-electron chi connectivity index (χ1n) is 11.5. The molecule has 0 spiro atoms. The molecule has 0 unspecified atom stereocenters. The van der Waals surface area contributed by atoms with Crippen LogP contribution in [0.4, 0.5) is 17.2 Å². The second-order valence-electron chi connectivity index (χ2n) is 8.25. The molecule has 1 fully saturated rings. The van der Waals surface area contributed by atoms with Crippen molar-refractivity contribution in [1.29, 1.82) is 0 Å². The zero-order valence-electron chi connectivity index (χ0n) is 20.1. The highest BCUT2D eigenvalue weighted by Crippen LogP contribution is 2.39. The van der Waals surface area contributed by atoms with Crippen LogP contribution in [0.2, 0.25) is 0 Å². The van der Waals surface area contributed by atoms with Crippen LogP contribution in [-0.4, -0.2) is 55.8 Å². The number of carbonyl (C=O) groups excluding carboxylic acids is 1. The number of pyridine rings is 1. The molecule has 1 aliphatic heterocycles. The summed E-state index contributed by atoms with van der Waals surface area (Å²) in [5.41, 5.74) is 4.10. The van der Waals surface area contributed by atoms with Gasteiger partial charge in [-0.15, -0.1) is 0 Å². The Kier molecular flexibility index (Phi) is 6.29. The second kappa shape index (κ2) is 9.68. The van der Waals surface area contributed by atoms with Crippen LogP contribution in [0.3, 0.4) is 0 Å². The maximum Gasteiger partial charge on any atom is 0.229 e. The highest BCUT2D eigenvalue weighted by Gasteiger charge is 2.25. The maximum absolute atomic E-state index is 13.1. The molecule has 4 aromatic rings. The van der Waals surface area contributed by atoms with Crippen molar-refractivity contribution in [2.45, 2.75) is 6.92 Å². The highest BCUT2D eigenvalue weighted by atomic mass is 16.5. The first kappa shape index (κ1) is 22.7. The molecular weight excluding hydrogens is 444 g/mol. The molecule has 35 heavy (non-hydrogen) atoms. The highest BCUT2D eigenvalue weighted by molar-refractivity contribution is 6.02. The summed E-state index contributed by atoms with van der Waals surface area (Å²) in [6, 6.07) is 19.5. The van der Waals surface area contributed by atoms with Gasteiger partial charge in [0.1, 0.15) is 11.3 Å². The summed E-state index contributed by atoms with van der Waals surface area (Å²) in [6.45, 7) is 4.71. The Morgan fingerprint density at radius 1 is 0.971 bits per heavy atom. The van der Waals surface area contributed by atoms with Gasteiger partial charge in [-0.1, -0.05) is 6.07 Å². The molecule has 5 rings (SSSR count). The average molecular weight is 473 g/mol. The number of benzene rings is 2. The smallest absolute Gasteiger partial charge is 0.229 e. The van der Waals surface area contributed by atoms with Gasteiger partial charge in [0.25, 0.3) is 0 Å². The molecule has 3 heterocycles. The minimum atomic E-state index is -0.114. The molecule has 0 N–H and O–H groups in total. The Hall–Kier alpha value is -4.04. The number of amides is 1. The lowest BCUT2D eigenvalue weighted by Gasteiger charge is -2.29. The van der Waals surface area contributed by atoms with E-state index in [4.69, 9.17) is 19.2 Å². The van der Waals surface area contributed by atoms with Gasteiger partial charge < -0.3 is 19.1 Å². The molecule has 0 bridgehead atoms. The summed E-state index contributed by atoms with van der Waals surface area (Å²) in [7, 11) is 3.20. The lowest BCUT2D eigenvalue weighted by Crippen LogP contribution is -2.36. The zero-order valence-corrected chi connectivity index (χ0v) is 20.1. The van der Waals surface area contributed by atoms with Gasteiger partial charge in [0.2, 0.25) is 5.91 Å². The molecule has 1 amide bonds. The van der Waals surface area contributed by atoms with E-state index in [1.54, 1.807) is 26.0 Å². The summed E-state index contributed by atoms with van der Waals surface area (Å²) < 4.78 is 18.3. The Bertz CT molecular complexity index is 1340. The van der Waals surface area contributed by atoms with Gasteiger partial charge >= 0.3 is 0 Å². The van der Waals surface area contributed by atoms with E-state index in [0.29, 0.717) is 23.0 Å². The Morgan fingerprint density at radius 3 is 2.40 bits per heavy atom. The molecule has 2 aromatic heterocycles. The van der Waals surface area contributed by atoms with Crippen molar-refractivity contribution in [1.82, 2.24) is 9.38 Å². The van der Waals surface area contributed by atoms with E-state index in [2.05, 4.69) is 17.0 Å². The fraction of sp³-hybridized carbons (Fsp3) is 0.259. The van der Waals surface area contributed by atoms with Crippen LogP contribution in [0.15, 0.2) is 66.9 Å². The summed E-state index contributed by atoms with van der Waals surface area (Å²) >= 11 is 0. The molecule has 8 heteroatoms. The minimum Gasteiger partial charge on any atom is -0.493 e. The predicted molar refractivity (Wildman–Crippen MR) is 136 cm³/mol. The van der Waals surface area contributed by atoms with Crippen LogP contribution in [0.5, 0.6) is 11.5 Å². The first-order chi connectivity index (χ1) is 17.1. The first-order valence-corrected chi connectivity index (χ1v) is 11.5. The van der Waals surface area contributed by atoms with Crippen molar-refractivity contribution in [3.8, 4) is 22.8 Å². The van der Waals surface area contributed by atoms with E-state index < -0.39 is 0 Å². The van der Waals surface area contributed by atoms with E-state index in [1.165, 1.54) is 0 Å². The SMILES string of the molecule is COc1ccc(-c2nc3ccccn3c2N(C(C)=O)c2ccc(N3CCOCC3)cc2)cc1OC. The Labute approximate surface area is 204 Å². The third-order valence-electron chi connectivity index (χ3n) is 6.17. The number of fused-ring (bicyclic) bond motifs is 1. The third kappa shape index (κ3) is 4.28. The molecule has 0 atom stereocenters. The number of hydrogen-bond acceptors (Lipinski definition) is 6. The van der Waals surface area contributed by atoms with Gasteiger partial charge in [-0.3, -0.25) is 14.1 Å². The number of rotatable bonds is 6. The molecule has 8 nitrogen and oxygen atoms in total. The quantitative estimate of drug-likeness (QED) is 0.410. The number of imidazole rings is 1. The fourth-order valence-corrected chi connectivity index (χ4v) is 4.46. The van der Waals surface area contributed by atoms with Crippen molar-refractivity contribution in [3.05, 3.63) is 66.9 Å². The Balaban J connectivity index is 1.63. The van der Waals surface area contributed by atoms with Crippen molar-refractivity contribution < 1.29 is 19.0 Å². The van der Waals surface area contributed by atoms with Crippen LogP contribution in [-0.2, 0) is 9.53 Å². The number of morpholine rings is 1. The number of nitrogens with zero attached hydrogens (tertiary/aromatic N) is 4. The van der Waals surface area contributed by atoms with E-state index in [9.17, 15) is 4.79 Å². The number of anilines is 3. The third-order valence-corrected chi connectivity index (χ3v) is 6.17. The lowest BCUT2D eigenvalue weighted by atomic mass is 10.1. The van der Waals surface area contributed by atoms with Crippen LogP contribution in [0.1, 0.15) is 6.92 Å². The molecule has 1 saturated heterocycles. The monoisotopic (exact) mass is 472 g/mol. The molecule has 1 aliphatic rings. The zero-order chi connectivity index (χ0) is 24.4. The summed E-state index contributed by atoms with van der Waals surface area (Å²) in [6.07, 6.45) is 1.92. The van der Waals surface area contributed by atoms with E-state index in [0.717, 1.165) is 48.9 Å². The summed E-state index contributed by atoms with van der Waals surface area (Å²) in [4.78, 5) is 22.0. The maximum atomic E-state index is 13.1. The second-order valence-corrected chi connectivity index (χ2v) is 8.25. The van der Waals surface area contributed by atoms with Crippen LogP contribution < -0.4 is 19.3 Å². The molecule has 0 saturated carbocycles.